The molecule has 2 rings (SSSR count). The normalized spacial score (nSPS) is 18.9. The number of halogens is 2. The third kappa shape index (κ3) is 2.98. The number of nitrogens with zero attached hydrogens (tertiary/aromatic N) is 1. The van der Waals surface area contributed by atoms with E-state index in [0.29, 0.717) is 10.0 Å². The Morgan fingerprint density at radius 1 is 1.19 bits per heavy atom. The van der Waals surface area contributed by atoms with Crippen LogP contribution >= 0.6 is 23.2 Å². The summed E-state index contributed by atoms with van der Waals surface area (Å²) in [6.07, 6.45) is 0. The van der Waals surface area contributed by atoms with Crippen molar-refractivity contribution in [2.24, 2.45) is 0 Å². The highest BCUT2D eigenvalue weighted by Crippen LogP contribution is 2.25. The molecule has 1 fully saturated rings. The standard InChI is InChI=1S/C11H13Cl2NOS/c12-10-2-1-3-11(13)9(10)8-14-4-6-16(15)7-5-14/h1-3H,4-8H2. The molecule has 1 saturated heterocycles. The maximum Gasteiger partial charge on any atom is 0.0465 e. The molecule has 0 unspecified atom stereocenters. The molecule has 1 heterocycles. The van der Waals surface area contributed by atoms with Gasteiger partial charge < -0.3 is 0 Å². The maximum absolute atomic E-state index is 11.2. The number of hydrogen-bond acceptors (Lipinski definition) is 2. The Bertz CT molecular complexity index is 381. The van der Waals surface area contributed by atoms with E-state index < -0.39 is 10.8 Å². The smallest absolute Gasteiger partial charge is 0.0465 e. The van der Waals surface area contributed by atoms with Crippen LogP contribution in [-0.2, 0) is 17.3 Å². The van der Waals surface area contributed by atoms with Crippen LogP contribution in [0.5, 0.6) is 0 Å². The number of hydrogen-bond donors (Lipinski definition) is 0. The third-order valence-electron chi connectivity index (χ3n) is 2.71. The second-order valence-corrected chi connectivity index (χ2v) is 6.33. The number of benzene rings is 1. The monoisotopic (exact) mass is 277 g/mol. The van der Waals surface area contributed by atoms with E-state index in [0.717, 1.165) is 36.7 Å². The summed E-state index contributed by atoms with van der Waals surface area (Å²) >= 11 is 12.2. The second-order valence-electron chi connectivity index (χ2n) is 3.82. The Balaban J connectivity index is 2.06. The Morgan fingerprint density at radius 3 is 2.31 bits per heavy atom. The van der Waals surface area contributed by atoms with Crippen LogP contribution in [0.25, 0.3) is 0 Å². The molecular formula is C11H13Cl2NOS. The highest BCUT2D eigenvalue weighted by atomic mass is 35.5. The van der Waals surface area contributed by atoms with Crippen LogP contribution in [0.1, 0.15) is 5.56 Å². The van der Waals surface area contributed by atoms with Crippen molar-refractivity contribution in [3.05, 3.63) is 33.8 Å². The van der Waals surface area contributed by atoms with Crippen molar-refractivity contribution in [2.75, 3.05) is 24.6 Å². The lowest BCUT2D eigenvalue weighted by atomic mass is 10.2. The van der Waals surface area contributed by atoms with Gasteiger partial charge in [-0.2, -0.15) is 0 Å². The Kier molecular flexibility index (Phi) is 4.25. The molecule has 0 aliphatic carbocycles. The minimum atomic E-state index is -0.637. The lowest BCUT2D eigenvalue weighted by Gasteiger charge is -2.26. The molecule has 0 bridgehead atoms. The first-order valence-electron chi connectivity index (χ1n) is 5.17. The lowest BCUT2D eigenvalue weighted by Crippen LogP contribution is -2.37. The minimum Gasteiger partial charge on any atom is -0.297 e. The van der Waals surface area contributed by atoms with Gasteiger partial charge in [-0.3, -0.25) is 9.11 Å². The summed E-state index contributed by atoms with van der Waals surface area (Å²) in [7, 11) is -0.637. The fraction of sp³-hybridized carbons (Fsp3) is 0.455. The highest BCUT2D eigenvalue weighted by Gasteiger charge is 2.17. The van der Waals surface area contributed by atoms with Gasteiger partial charge in [0.25, 0.3) is 0 Å². The zero-order valence-corrected chi connectivity index (χ0v) is 11.1. The van der Waals surface area contributed by atoms with E-state index in [2.05, 4.69) is 4.90 Å². The second kappa shape index (κ2) is 5.50. The fourth-order valence-corrected chi connectivity index (χ4v) is 3.39. The van der Waals surface area contributed by atoms with Crippen molar-refractivity contribution >= 4 is 34.0 Å². The molecule has 0 radical (unpaired) electrons. The highest BCUT2D eigenvalue weighted by molar-refractivity contribution is 7.85. The topological polar surface area (TPSA) is 20.3 Å². The van der Waals surface area contributed by atoms with Crippen molar-refractivity contribution in [1.82, 2.24) is 4.90 Å². The average Bonchev–Trinajstić information content (AvgIpc) is 2.26. The summed E-state index contributed by atoms with van der Waals surface area (Å²) in [4.78, 5) is 2.24. The van der Waals surface area contributed by atoms with E-state index in [1.165, 1.54) is 0 Å². The van der Waals surface area contributed by atoms with Gasteiger partial charge in [-0.05, 0) is 12.1 Å². The molecule has 5 heteroatoms. The molecule has 88 valence electrons. The van der Waals surface area contributed by atoms with E-state index in [9.17, 15) is 4.21 Å². The first-order chi connectivity index (χ1) is 7.66. The Morgan fingerprint density at radius 2 is 1.75 bits per heavy atom. The molecule has 0 amide bonds. The predicted octanol–water partition coefficient (Wildman–Crippen LogP) is 2.56. The molecule has 1 aromatic rings. The molecule has 0 saturated carbocycles. The zero-order chi connectivity index (χ0) is 11.5. The van der Waals surface area contributed by atoms with Crippen molar-refractivity contribution in [2.45, 2.75) is 6.54 Å². The Labute approximate surface area is 108 Å². The summed E-state index contributed by atoms with van der Waals surface area (Å²) < 4.78 is 11.2. The van der Waals surface area contributed by atoms with Crippen molar-refractivity contribution in [3.63, 3.8) is 0 Å². The summed E-state index contributed by atoms with van der Waals surface area (Å²) in [6, 6.07) is 5.55. The molecule has 1 aliphatic rings. The zero-order valence-electron chi connectivity index (χ0n) is 8.79. The molecule has 2 nitrogen and oxygen atoms in total. The van der Waals surface area contributed by atoms with Crippen LogP contribution in [0, 0.1) is 0 Å². The van der Waals surface area contributed by atoms with Crippen molar-refractivity contribution in [1.29, 1.82) is 0 Å². The third-order valence-corrected chi connectivity index (χ3v) is 4.70. The van der Waals surface area contributed by atoms with Crippen LogP contribution in [-0.4, -0.2) is 33.7 Å². The van der Waals surface area contributed by atoms with E-state index in [1.54, 1.807) is 0 Å². The summed E-state index contributed by atoms with van der Waals surface area (Å²) in [5.41, 5.74) is 0.971. The lowest BCUT2D eigenvalue weighted by molar-refractivity contribution is 0.291. The summed E-state index contributed by atoms with van der Waals surface area (Å²) in [6.45, 7) is 2.46. The van der Waals surface area contributed by atoms with Gasteiger partial charge in [0, 0.05) is 57.5 Å². The molecule has 0 spiro atoms. The Hall–Kier alpha value is -0.0900. The maximum atomic E-state index is 11.2. The van der Waals surface area contributed by atoms with Crippen molar-refractivity contribution < 1.29 is 4.21 Å². The fourth-order valence-electron chi connectivity index (χ4n) is 1.74. The SMILES string of the molecule is O=S1CCN(Cc2c(Cl)cccc2Cl)CC1. The van der Waals surface area contributed by atoms with Gasteiger partial charge in [-0.25, -0.2) is 0 Å². The van der Waals surface area contributed by atoms with E-state index in [4.69, 9.17) is 23.2 Å². The molecule has 1 aromatic carbocycles. The largest absolute Gasteiger partial charge is 0.297 e. The van der Waals surface area contributed by atoms with E-state index in [-0.39, 0.29) is 0 Å². The first-order valence-corrected chi connectivity index (χ1v) is 7.41. The molecular weight excluding hydrogens is 265 g/mol. The van der Waals surface area contributed by atoms with Crippen LogP contribution in [0.15, 0.2) is 18.2 Å². The predicted molar refractivity (Wildman–Crippen MR) is 69.6 cm³/mol. The summed E-state index contributed by atoms with van der Waals surface area (Å²) in [5, 5.41) is 1.42. The first kappa shape index (κ1) is 12.4. The van der Waals surface area contributed by atoms with Crippen LogP contribution in [0.3, 0.4) is 0 Å². The van der Waals surface area contributed by atoms with Gasteiger partial charge in [0.1, 0.15) is 0 Å². The summed E-state index contributed by atoms with van der Waals surface area (Å²) in [5.74, 6) is 1.50. The van der Waals surface area contributed by atoms with Gasteiger partial charge in [0.05, 0.1) is 0 Å². The van der Waals surface area contributed by atoms with E-state index in [1.807, 2.05) is 18.2 Å². The van der Waals surface area contributed by atoms with Crippen LogP contribution in [0.2, 0.25) is 10.0 Å². The molecule has 0 N–H and O–H groups in total. The minimum absolute atomic E-state index is 0.637. The van der Waals surface area contributed by atoms with Gasteiger partial charge in [0.2, 0.25) is 0 Å². The quantitative estimate of drug-likeness (QED) is 0.828. The molecule has 0 atom stereocenters. The van der Waals surface area contributed by atoms with E-state index >= 15 is 0 Å². The van der Waals surface area contributed by atoms with Crippen LogP contribution in [0.4, 0.5) is 0 Å². The average molecular weight is 278 g/mol. The van der Waals surface area contributed by atoms with Crippen molar-refractivity contribution in [3.8, 4) is 0 Å². The van der Waals surface area contributed by atoms with Gasteiger partial charge in [0.15, 0.2) is 0 Å². The molecule has 0 aromatic heterocycles. The van der Waals surface area contributed by atoms with Gasteiger partial charge in [-0.1, -0.05) is 29.3 Å². The van der Waals surface area contributed by atoms with Gasteiger partial charge >= 0.3 is 0 Å². The van der Waals surface area contributed by atoms with Crippen LogP contribution < -0.4 is 0 Å². The molecule has 1 aliphatic heterocycles. The van der Waals surface area contributed by atoms with Gasteiger partial charge in [-0.15, -0.1) is 0 Å². The number of rotatable bonds is 2. The molecule has 16 heavy (non-hydrogen) atoms.